The Balaban J connectivity index is 2.00. The molecule has 0 aliphatic carbocycles. The minimum Gasteiger partial charge on any atom is -0.371 e. The lowest BCUT2D eigenvalue weighted by molar-refractivity contribution is 0.108. The first-order chi connectivity index (χ1) is 14.0. The fraction of sp³-hybridized carbons (Fsp3) is 0.167. The summed E-state index contributed by atoms with van der Waals surface area (Å²) in [5.41, 5.74) is 2.62. The van der Waals surface area contributed by atoms with Crippen molar-refractivity contribution in [2.75, 3.05) is 0 Å². The smallest absolute Gasteiger partial charge is 0.200 e. The van der Waals surface area contributed by atoms with Gasteiger partial charge >= 0.3 is 0 Å². The van der Waals surface area contributed by atoms with Crippen molar-refractivity contribution in [3.63, 3.8) is 0 Å². The lowest BCUT2D eigenvalue weighted by Gasteiger charge is -2.26. The fourth-order valence-corrected chi connectivity index (χ4v) is 3.59. The van der Waals surface area contributed by atoms with E-state index in [1.807, 2.05) is 72.0 Å². The normalized spacial score (nSPS) is 12.3. The van der Waals surface area contributed by atoms with Crippen molar-refractivity contribution in [1.29, 1.82) is 0 Å². The van der Waals surface area contributed by atoms with E-state index in [-0.39, 0.29) is 0 Å². The van der Waals surface area contributed by atoms with Gasteiger partial charge in [-0.05, 0) is 29.7 Å². The Kier molecular flexibility index (Phi) is 4.91. The molecule has 0 fully saturated rings. The van der Waals surface area contributed by atoms with Crippen LogP contribution in [0.4, 0.5) is 0 Å². The van der Waals surface area contributed by atoms with E-state index in [2.05, 4.69) is 41.2 Å². The zero-order valence-corrected chi connectivity index (χ0v) is 16.8. The molecule has 0 saturated carbocycles. The summed E-state index contributed by atoms with van der Waals surface area (Å²) in [5, 5.41) is 12.0. The van der Waals surface area contributed by atoms with Crippen molar-refractivity contribution in [3.05, 3.63) is 114 Å². The van der Waals surface area contributed by atoms with E-state index in [0.717, 1.165) is 16.7 Å². The van der Waals surface area contributed by atoms with Crippen LogP contribution < -0.4 is 0 Å². The molecular formula is C24H24N4O. The minimum atomic E-state index is -1.51. The summed E-state index contributed by atoms with van der Waals surface area (Å²) in [6, 6.07) is 18.4. The summed E-state index contributed by atoms with van der Waals surface area (Å²) >= 11 is 0. The molecule has 2 heterocycles. The molecule has 0 aliphatic rings. The maximum Gasteiger partial charge on any atom is 0.200 e. The van der Waals surface area contributed by atoms with Crippen LogP contribution >= 0.6 is 0 Å². The molecule has 0 saturated heterocycles. The largest absolute Gasteiger partial charge is 0.371 e. The molecule has 0 bridgehead atoms. The first kappa shape index (κ1) is 18.9. The number of imidazole rings is 2. The topological polar surface area (TPSA) is 55.9 Å². The van der Waals surface area contributed by atoms with Gasteiger partial charge in [0.2, 0.25) is 0 Å². The van der Waals surface area contributed by atoms with E-state index >= 15 is 0 Å². The molecule has 0 radical (unpaired) electrons. The summed E-state index contributed by atoms with van der Waals surface area (Å²) in [4.78, 5) is 8.91. The molecule has 4 rings (SSSR count). The zero-order valence-electron chi connectivity index (χ0n) is 16.8. The molecule has 5 heteroatoms. The Bertz CT molecular complexity index is 1100. The van der Waals surface area contributed by atoms with E-state index in [1.165, 1.54) is 5.56 Å². The Labute approximate surface area is 170 Å². The van der Waals surface area contributed by atoms with E-state index in [0.29, 0.717) is 11.6 Å². The van der Waals surface area contributed by atoms with Gasteiger partial charge in [0.25, 0.3) is 0 Å². The molecule has 2 aromatic heterocycles. The van der Waals surface area contributed by atoms with Gasteiger partial charge in [0, 0.05) is 38.9 Å². The highest BCUT2D eigenvalue weighted by molar-refractivity contribution is 5.81. The summed E-state index contributed by atoms with van der Waals surface area (Å²) in [7, 11) is 3.75. The van der Waals surface area contributed by atoms with Crippen molar-refractivity contribution in [2.24, 2.45) is 14.1 Å². The zero-order chi connectivity index (χ0) is 20.4. The van der Waals surface area contributed by atoms with Crippen LogP contribution in [0.3, 0.4) is 0 Å². The fourth-order valence-electron chi connectivity index (χ4n) is 3.59. The second-order valence-corrected chi connectivity index (χ2v) is 7.28. The van der Waals surface area contributed by atoms with Crippen LogP contribution in [0.5, 0.6) is 0 Å². The van der Waals surface area contributed by atoms with E-state index < -0.39 is 5.60 Å². The standard InChI is InChI=1S/C24H24N4O/c1-18-9-11-20(12-10-18)21(19-7-5-4-6-8-19)17-24(29,22-25-13-15-27(22)2)23-26-14-16-28(23)3/h4-17,29H,1-3H3/b21-17-. The molecular weight excluding hydrogens is 360 g/mol. The van der Waals surface area contributed by atoms with Gasteiger partial charge in [-0.15, -0.1) is 0 Å². The van der Waals surface area contributed by atoms with E-state index in [1.54, 1.807) is 12.4 Å². The van der Waals surface area contributed by atoms with Gasteiger partial charge in [-0.25, -0.2) is 9.97 Å². The maximum absolute atomic E-state index is 12.0. The lowest BCUT2D eigenvalue weighted by atomic mass is 9.90. The van der Waals surface area contributed by atoms with Crippen molar-refractivity contribution in [1.82, 2.24) is 19.1 Å². The summed E-state index contributed by atoms with van der Waals surface area (Å²) in [6.45, 7) is 2.06. The third kappa shape index (κ3) is 3.52. The Morgan fingerprint density at radius 3 is 1.83 bits per heavy atom. The third-order valence-electron chi connectivity index (χ3n) is 5.12. The lowest BCUT2D eigenvalue weighted by Crippen LogP contribution is -2.32. The van der Waals surface area contributed by atoms with Gasteiger partial charge in [0.05, 0.1) is 0 Å². The van der Waals surface area contributed by atoms with Crippen LogP contribution in [-0.4, -0.2) is 24.2 Å². The Hall–Kier alpha value is -3.44. The highest BCUT2D eigenvalue weighted by Gasteiger charge is 2.38. The molecule has 0 spiro atoms. The Morgan fingerprint density at radius 2 is 1.34 bits per heavy atom. The number of nitrogens with zero attached hydrogens (tertiary/aromatic N) is 4. The summed E-state index contributed by atoms with van der Waals surface area (Å²) < 4.78 is 3.64. The van der Waals surface area contributed by atoms with Crippen LogP contribution in [0.25, 0.3) is 5.57 Å². The van der Waals surface area contributed by atoms with Gasteiger partial charge in [-0.1, -0.05) is 60.2 Å². The average molecular weight is 384 g/mol. The van der Waals surface area contributed by atoms with Crippen LogP contribution in [0.15, 0.2) is 85.5 Å². The number of hydrogen-bond acceptors (Lipinski definition) is 3. The number of benzene rings is 2. The molecule has 0 atom stereocenters. The molecule has 2 aromatic carbocycles. The van der Waals surface area contributed by atoms with E-state index in [4.69, 9.17) is 0 Å². The van der Waals surface area contributed by atoms with Crippen molar-refractivity contribution in [2.45, 2.75) is 12.5 Å². The number of aliphatic hydroxyl groups is 1. The first-order valence-corrected chi connectivity index (χ1v) is 9.52. The SMILES string of the molecule is Cc1ccc(/C(=C\C(O)(c2nccn2C)c2nccn2C)c2ccccc2)cc1. The third-order valence-corrected chi connectivity index (χ3v) is 5.12. The van der Waals surface area contributed by atoms with Crippen molar-refractivity contribution < 1.29 is 5.11 Å². The summed E-state index contributed by atoms with van der Waals surface area (Å²) in [5.74, 6) is 1.01. The van der Waals surface area contributed by atoms with Crippen LogP contribution in [0.1, 0.15) is 28.3 Å². The molecule has 1 N–H and O–H groups in total. The van der Waals surface area contributed by atoms with Crippen molar-refractivity contribution >= 4 is 5.57 Å². The molecule has 0 unspecified atom stereocenters. The number of aryl methyl sites for hydroxylation is 3. The van der Waals surface area contributed by atoms with Gasteiger partial charge < -0.3 is 14.2 Å². The number of hydrogen-bond donors (Lipinski definition) is 1. The molecule has 29 heavy (non-hydrogen) atoms. The van der Waals surface area contributed by atoms with Gasteiger partial charge in [0.1, 0.15) is 0 Å². The minimum absolute atomic E-state index is 0.507. The predicted molar refractivity (Wildman–Crippen MR) is 114 cm³/mol. The van der Waals surface area contributed by atoms with Crippen molar-refractivity contribution in [3.8, 4) is 0 Å². The Morgan fingerprint density at radius 1 is 0.828 bits per heavy atom. The maximum atomic E-state index is 12.0. The quantitative estimate of drug-likeness (QED) is 0.569. The molecule has 146 valence electrons. The van der Waals surface area contributed by atoms with Crippen LogP contribution in [0, 0.1) is 6.92 Å². The van der Waals surface area contributed by atoms with Crippen LogP contribution in [0.2, 0.25) is 0 Å². The predicted octanol–water partition coefficient (Wildman–Crippen LogP) is 3.83. The second-order valence-electron chi connectivity index (χ2n) is 7.28. The van der Waals surface area contributed by atoms with Gasteiger partial charge in [-0.2, -0.15) is 0 Å². The molecule has 5 nitrogen and oxygen atoms in total. The summed E-state index contributed by atoms with van der Waals surface area (Å²) in [6.07, 6.45) is 8.88. The molecule has 0 aliphatic heterocycles. The monoisotopic (exact) mass is 384 g/mol. The molecule has 0 amide bonds. The number of aromatic nitrogens is 4. The number of rotatable bonds is 5. The second kappa shape index (κ2) is 7.53. The van der Waals surface area contributed by atoms with Crippen LogP contribution in [-0.2, 0) is 19.7 Å². The van der Waals surface area contributed by atoms with Gasteiger partial charge in [-0.3, -0.25) is 0 Å². The average Bonchev–Trinajstić information content (AvgIpc) is 3.36. The van der Waals surface area contributed by atoms with E-state index in [9.17, 15) is 5.11 Å². The molecule has 4 aromatic rings. The highest BCUT2D eigenvalue weighted by Crippen LogP contribution is 2.34. The van der Waals surface area contributed by atoms with Gasteiger partial charge in [0.15, 0.2) is 17.2 Å². The first-order valence-electron chi connectivity index (χ1n) is 9.52. The highest BCUT2D eigenvalue weighted by atomic mass is 16.3.